The number of halogens is 2. The van der Waals surface area contributed by atoms with Gasteiger partial charge in [0.05, 0.1) is 10.5 Å². The molecule has 0 radical (unpaired) electrons. The van der Waals surface area contributed by atoms with E-state index in [9.17, 15) is 13.2 Å². The van der Waals surface area contributed by atoms with Crippen LogP contribution in [0.4, 0.5) is 0 Å². The Balaban J connectivity index is 2.23. The monoisotopic (exact) mass is 393 g/mol. The standard InChI is InChI=1S/C14H17BrClNO3S/c1-2-10-5-7-17(8-6-10)14(18)12-9-11(21(16,19)20)3-4-13(12)15/h3-4,9-10H,2,5-8H2,1H3. The van der Waals surface area contributed by atoms with E-state index in [0.29, 0.717) is 29.0 Å². The van der Waals surface area contributed by atoms with Crippen LogP contribution in [-0.2, 0) is 9.05 Å². The topological polar surface area (TPSA) is 54.5 Å². The van der Waals surface area contributed by atoms with Crippen LogP contribution < -0.4 is 0 Å². The minimum Gasteiger partial charge on any atom is -0.339 e. The summed E-state index contributed by atoms with van der Waals surface area (Å²) in [6, 6.07) is 4.26. The van der Waals surface area contributed by atoms with Crippen molar-refractivity contribution in [1.82, 2.24) is 4.90 Å². The zero-order valence-corrected chi connectivity index (χ0v) is 14.8. The lowest BCUT2D eigenvalue weighted by Crippen LogP contribution is -2.38. The van der Waals surface area contributed by atoms with Gasteiger partial charge in [0.15, 0.2) is 0 Å². The third kappa shape index (κ3) is 3.99. The van der Waals surface area contributed by atoms with Crippen LogP contribution in [0.2, 0.25) is 0 Å². The minimum atomic E-state index is -3.84. The summed E-state index contributed by atoms with van der Waals surface area (Å²) >= 11 is 3.30. The molecule has 1 aromatic rings. The molecule has 0 saturated carbocycles. The van der Waals surface area contributed by atoms with Crippen LogP contribution in [0, 0.1) is 5.92 Å². The van der Waals surface area contributed by atoms with Gasteiger partial charge in [-0.15, -0.1) is 0 Å². The third-order valence-electron chi connectivity index (χ3n) is 3.93. The summed E-state index contributed by atoms with van der Waals surface area (Å²) in [7, 11) is 1.50. The zero-order valence-electron chi connectivity index (χ0n) is 11.7. The molecule has 1 aliphatic rings. The van der Waals surface area contributed by atoms with Crippen molar-refractivity contribution in [3.8, 4) is 0 Å². The number of benzene rings is 1. The van der Waals surface area contributed by atoms with Crippen molar-refractivity contribution >= 4 is 41.6 Å². The summed E-state index contributed by atoms with van der Waals surface area (Å²) in [6.07, 6.45) is 3.12. The summed E-state index contributed by atoms with van der Waals surface area (Å²) < 4.78 is 23.4. The van der Waals surface area contributed by atoms with Gasteiger partial charge in [-0.1, -0.05) is 13.3 Å². The molecule has 1 aliphatic heterocycles. The van der Waals surface area contributed by atoms with Crippen LogP contribution in [0.5, 0.6) is 0 Å². The summed E-state index contributed by atoms with van der Waals surface area (Å²) in [4.78, 5) is 14.3. The van der Waals surface area contributed by atoms with E-state index in [-0.39, 0.29) is 10.8 Å². The van der Waals surface area contributed by atoms with E-state index in [0.717, 1.165) is 19.3 Å². The molecule has 1 saturated heterocycles. The molecule has 1 amide bonds. The fourth-order valence-corrected chi connectivity index (χ4v) is 3.73. The third-order valence-corrected chi connectivity index (χ3v) is 5.97. The Bertz CT molecular complexity index is 640. The first kappa shape index (κ1) is 16.8. The van der Waals surface area contributed by atoms with E-state index in [2.05, 4.69) is 22.9 Å². The van der Waals surface area contributed by atoms with Crippen molar-refractivity contribution in [3.05, 3.63) is 28.2 Å². The highest BCUT2D eigenvalue weighted by Gasteiger charge is 2.25. The van der Waals surface area contributed by atoms with Gasteiger partial charge in [-0.3, -0.25) is 4.79 Å². The van der Waals surface area contributed by atoms with Gasteiger partial charge in [0, 0.05) is 28.2 Å². The van der Waals surface area contributed by atoms with Crippen LogP contribution in [-0.4, -0.2) is 32.3 Å². The number of rotatable bonds is 3. The number of amides is 1. The Labute approximate surface area is 138 Å². The molecule has 4 nitrogen and oxygen atoms in total. The van der Waals surface area contributed by atoms with Gasteiger partial charge < -0.3 is 4.90 Å². The van der Waals surface area contributed by atoms with Gasteiger partial charge in [0.25, 0.3) is 15.0 Å². The number of hydrogen-bond donors (Lipinski definition) is 0. The summed E-state index contributed by atoms with van der Waals surface area (Å²) in [5, 5.41) is 0. The molecule has 21 heavy (non-hydrogen) atoms. The highest BCUT2D eigenvalue weighted by molar-refractivity contribution is 9.10. The molecule has 2 rings (SSSR count). The van der Waals surface area contributed by atoms with E-state index in [1.807, 2.05) is 0 Å². The number of nitrogens with zero attached hydrogens (tertiary/aromatic N) is 1. The lowest BCUT2D eigenvalue weighted by atomic mass is 9.94. The zero-order chi connectivity index (χ0) is 15.6. The highest BCUT2D eigenvalue weighted by atomic mass is 79.9. The predicted molar refractivity (Wildman–Crippen MR) is 86.1 cm³/mol. The Hall–Kier alpha value is -0.590. The second-order valence-electron chi connectivity index (χ2n) is 5.22. The van der Waals surface area contributed by atoms with Gasteiger partial charge in [0.2, 0.25) is 0 Å². The second-order valence-corrected chi connectivity index (χ2v) is 8.64. The van der Waals surface area contributed by atoms with Crippen LogP contribution in [0.1, 0.15) is 36.5 Å². The first-order valence-corrected chi connectivity index (χ1v) is 9.96. The van der Waals surface area contributed by atoms with Crippen LogP contribution in [0.3, 0.4) is 0 Å². The first-order valence-electron chi connectivity index (χ1n) is 6.86. The normalized spacial score (nSPS) is 17.0. The van der Waals surface area contributed by atoms with E-state index in [1.165, 1.54) is 12.1 Å². The smallest absolute Gasteiger partial charge is 0.261 e. The number of hydrogen-bond acceptors (Lipinski definition) is 3. The molecule has 1 heterocycles. The Morgan fingerprint density at radius 1 is 1.38 bits per heavy atom. The van der Waals surface area contributed by atoms with Crippen LogP contribution in [0.25, 0.3) is 0 Å². The molecular formula is C14H17BrClNO3S. The molecule has 0 N–H and O–H groups in total. The van der Waals surface area contributed by atoms with Crippen molar-refractivity contribution in [1.29, 1.82) is 0 Å². The predicted octanol–water partition coefficient (Wildman–Crippen LogP) is 3.64. The molecule has 1 fully saturated rings. The minimum absolute atomic E-state index is 0.0563. The van der Waals surface area contributed by atoms with Crippen molar-refractivity contribution in [2.24, 2.45) is 5.92 Å². The number of carbonyl (C=O) groups excluding carboxylic acids is 1. The molecule has 0 aliphatic carbocycles. The maximum Gasteiger partial charge on any atom is 0.261 e. The van der Waals surface area contributed by atoms with E-state index >= 15 is 0 Å². The van der Waals surface area contributed by atoms with Gasteiger partial charge in [-0.05, 0) is 52.9 Å². The maximum absolute atomic E-state index is 12.6. The molecule has 0 atom stereocenters. The average molecular weight is 395 g/mol. The fraction of sp³-hybridized carbons (Fsp3) is 0.500. The largest absolute Gasteiger partial charge is 0.339 e. The number of piperidine rings is 1. The Morgan fingerprint density at radius 3 is 2.52 bits per heavy atom. The quantitative estimate of drug-likeness (QED) is 0.736. The van der Waals surface area contributed by atoms with Crippen molar-refractivity contribution in [3.63, 3.8) is 0 Å². The average Bonchev–Trinajstić information content (AvgIpc) is 2.46. The number of carbonyl (C=O) groups is 1. The van der Waals surface area contributed by atoms with Crippen LogP contribution >= 0.6 is 26.6 Å². The van der Waals surface area contributed by atoms with Crippen molar-refractivity contribution in [2.75, 3.05) is 13.1 Å². The van der Waals surface area contributed by atoms with Crippen molar-refractivity contribution in [2.45, 2.75) is 31.1 Å². The molecule has 0 spiro atoms. The molecule has 1 aromatic carbocycles. The summed E-state index contributed by atoms with van der Waals surface area (Å²) in [5.74, 6) is 0.519. The van der Waals surface area contributed by atoms with Gasteiger partial charge in [0.1, 0.15) is 0 Å². The van der Waals surface area contributed by atoms with Crippen LogP contribution in [0.15, 0.2) is 27.6 Å². The lowest BCUT2D eigenvalue weighted by Gasteiger charge is -2.31. The maximum atomic E-state index is 12.6. The first-order chi connectivity index (χ1) is 9.82. The molecule has 0 bridgehead atoms. The van der Waals surface area contributed by atoms with E-state index in [4.69, 9.17) is 10.7 Å². The molecule has 0 unspecified atom stereocenters. The molecule has 116 valence electrons. The van der Waals surface area contributed by atoms with E-state index in [1.54, 1.807) is 11.0 Å². The molecule has 0 aromatic heterocycles. The van der Waals surface area contributed by atoms with Crippen molar-refractivity contribution < 1.29 is 13.2 Å². The molecule has 7 heteroatoms. The Morgan fingerprint density at radius 2 is 2.00 bits per heavy atom. The SMILES string of the molecule is CCC1CCN(C(=O)c2cc(S(=O)(=O)Cl)ccc2Br)CC1. The lowest BCUT2D eigenvalue weighted by molar-refractivity contribution is 0.0687. The molecular weight excluding hydrogens is 378 g/mol. The highest BCUT2D eigenvalue weighted by Crippen LogP contribution is 2.27. The fourth-order valence-electron chi connectivity index (χ4n) is 2.53. The van der Waals surface area contributed by atoms with E-state index < -0.39 is 9.05 Å². The second kappa shape index (κ2) is 6.67. The van der Waals surface area contributed by atoms with Gasteiger partial charge in [-0.25, -0.2) is 8.42 Å². The van der Waals surface area contributed by atoms with Gasteiger partial charge in [-0.2, -0.15) is 0 Å². The van der Waals surface area contributed by atoms with Gasteiger partial charge >= 0.3 is 0 Å². The number of likely N-dealkylation sites (tertiary alicyclic amines) is 1. The summed E-state index contributed by atoms with van der Waals surface area (Å²) in [6.45, 7) is 3.58. The Kier molecular flexibility index (Phi) is 5.33. The summed E-state index contributed by atoms with van der Waals surface area (Å²) in [5.41, 5.74) is 0.340.